The Morgan fingerprint density at radius 3 is 3.11 bits per heavy atom. The predicted molar refractivity (Wildman–Crippen MR) is 67.5 cm³/mol. The third kappa shape index (κ3) is 2.16. The van der Waals surface area contributed by atoms with Crippen molar-refractivity contribution in [3.05, 3.63) is 24.5 Å². The van der Waals surface area contributed by atoms with Crippen molar-refractivity contribution in [3.8, 4) is 5.75 Å². The predicted octanol–water partition coefficient (Wildman–Crippen LogP) is 0.757. The van der Waals surface area contributed by atoms with E-state index in [0.29, 0.717) is 18.6 Å². The standard InChI is InChI=1S/C13H13N3O3/c1-16-7-14-10-6-8(2-4-11(10)16)19-13(18)9-3-5-12(17)15-9/h2,4,6-7,9H,3,5H2,1H3,(H,15,17). The van der Waals surface area contributed by atoms with Crippen molar-refractivity contribution in [1.29, 1.82) is 0 Å². The average molecular weight is 259 g/mol. The number of nitrogens with one attached hydrogen (secondary N) is 1. The molecule has 0 radical (unpaired) electrons. The second-order valence-corrected chi connectivity index (χ2v) is 4.59. The molecule has 0 aliphatic carbocycles. The smallest absolute Gasteiger partial charge is 0.334 e. The van der Waals surface area contributed by atoms with Gasteiger partial charge in [-0.2, -0.15) is 0 Å². The molecule has 98 valence electrons. The molecule has 1 N–H and O–H groups in total. The van der Waals surface area contributed by atoms with Crippen molar-refractivity contribution < 1.29 is 14.3 Å². The van der Waals surface area contributed by atoms with Gasteiger partial charge in [-0.05, 0) is 18.6 Å². The van der Waals surface area contributed by atoms with Crippen LogP contribution >= 0.6 is 0 Å². The minimum Gasteiger partial charge on any atom is -0.425 e. The number of hydrogen-bond acceptors (Lipinski definition) is 4. The van der Waals surface area contributed by atoms with Crippen molar-refractivity contribution in [3.63, 3.8) is 0 Å². The summed E-state index contributed by atoms with van der Waals surface area (Å²) in [5, 5.41) is 2.58. The SMILES string of the molecule is Cn1cnc2cc(OC(=O)C3CCC(=O)N3)ccc21. The molecule has 1 aliphatic rings. The highest BCUT2D eigenvalue weighted by molar-refractivity contribution is 5.89. The van der Waals surface area contributed by atoms with Crippen LogP contribution in [-0.2, 0) is 16.6 Å². The number of carbonyl (C=O) groups is 2. The summed E-state index contributed by atoms with van der Waals surface area (Å²) >= 11 is 0. The Kier molecular flexibility index (Phi) is 2.70. The maximum absolute atomic E-state index is 11.8. The summed E-state index contributed by atoms with van der Waals surface area (Å²) < 4.78 is 7.15. The van der Waals surface area contributed by atoms with E-state index in [1.165, 1.54) is 0 Å². The van der Waals surface area contributed by atoms with Crippen LogP contribution in [0.15, 0.2) is 24.5 Å². The van der Waals surface area contributed by atoms with Crippen molar-refractivity contribution in [1.82, 2.24) is 14.9 Å². The van der Waals surface area contributed by atoms with Crippen molar-refractivity contribution in [2.45, 2.75) is 18.9 Å². The lowest BCUT2D eigenvalue weighted by atomic mass is 10.2. The number of esters is 1. The van der Waals surface area contributed by atoms with Crippen LogP contribution in [0.3, 0.4) is 0 Å². The van der Waals surface area contributed by atoms with Gasteiger partial charge in [-0.3, -0.25) is 4.79 Å². The Bertz CT molecular complexity index is 662. The molecule has 19 heavy (non-hydrogen) atoms. The summed E-state index contributed by atoms with van der Waals surface area (Å²) in [6.07, 6.45) is 2.57. The van der Waals surface area contributed by atoms with Gasteiger partial charge in [0.2, 0.25) is 5.91 Å². The highest BCUT2D eigenvalue weighted by Gasteiger charge is 2.28. The lowest BCUT2D eigenvalue weighted by molar-refractivity contribution is -0.137. The van der Waals surface area contributed by atoms with Gasteiger partial charge < -0.3 is 14.6 Å². The zero-order valence-electron chi connectivity index (χ0n) is 10.4. The number of amides is 1. The van der Waals surface area contributed by atoms with Crippen LogP contribution in [0, 0.1) is 0 Å². The summed E-state index contributed by atoms with van der Waals surface area (Å²) in [5.74, 6) is -0.0967. The second-order valence-electron chi connectivity index (χ2n) is 4.59. The topological polar surface area (TPSA) is 73.2 Å². The van der Waals surface area contributed by atoms with E-state index in [0.717, 1.165) is 11.0 Å². The first-order valence-corrected chi connectivity index (χ1v) is 6.05. The van der Waals surface area contributed by atoms with Crippen LogP contribution in [0.5, 0.6) is 5.75 Å². The van der Waals surface area contributed by atoms with Gasteiger partial charge in [0, 0.05) is 19.5 Å². The molecule has 0 spiro atoms. The molecule has 2 heterocycles. The fourth-order valence-corrected chi connectivity index (χ4v) is 2.16. The molecule has 1 saturated heterocycles. The Morgan fingerprint density at radius 2 is 2.37 bits per heavy atom. The van der Waals surface area contributed by atoms with Crippen molar-refractivity contribution in [2.75, 3.05) is 0 Å². The number of aromatic nitrogens is 2. The lowest BCUT2D eigenvalue weighted by Crippen LogP contribution is -2.36. The van der Waals surface area contributed by atoms with Crippen LogP contribution in [0.2, 0.25) is 0 Å². The Labute approximate surface area is 109 Å². The fraction of sp³-hybridized carbons (Fsp3) is 0.308. The van der Waals surface area contributed by atoms with Gasteiger partial charge in [-0.1, -0.05) is 0 Å². The van der Waals surface area contributed by atoms with Gasteiger partial charge in [-0.15, -0.1) is 0 Å². The van der Waals surface area contributed by atoms with Crippen LogP contribution in [0.25, 0.3) is 11.0 Å². The first-order chi connectivity index (χ1) is 9.13. The second kappa shape index (κ2) is 4.38. The third-order valence-corrected chi connectivity index (χ3v) is 3.20. The number of rotatable bonds is 2. The third-order valence-electron chi connectivity index (χ3n) is 3.20. The molecular formula is C13H13N3O3. The largest absolute Gasteiger partial charge is 0.425 e. The number of ether oxygens (including phenoxy) is 1. The van der Waals surface area contributed by atoms with E-state index in [1.807, 2.05) is 17.7 Å². The molecule has 1 aliphatic heterocycles. The van der Waals surface area contributed by atoms with E-state index in [9.17, 15) is 9.59 Å². The quantitative estimate of drug-likeness (QED) is 0.638. The number of benzene rings is 1. The first kappa shape index (κ1) is 11.7. The molecule has 1 atom stereocenters. The molecule has 6 heteroatoms. The summed E-state index contributed by atoms with van der Waals surface area (Å²) in [6.45, 7) is 0. The summed E-state index contributed by atoms with van der Waals surface area (Å²) in [4.78, 5) is 27.1. The van der Waals surface area contributed by atoms with E-state index in [4.69, 9.17) is 4.74 Å². The lowest BCUT2D eigenvalue weighted by Gasteiger charge is -2.09. The molecule has 1 aromatic heterocycles. The molecule has 3 rings (SSSR count). The van der Waals surface area contributed by atoms with Gasteiger partial charge in [0.15, 0.2) is 0 Å². The van der Waals surface area contributed by atoms with Crippen LogP contribution < -0.4 is 10.1 Å². The molecule has 1 aromatic carbocycles. The minimum atomic E-state index is -0.535. The zero-order chi connectivity index (χ0) is 13.4. The molecule has 1 amide bonds. The van der Waals surface area contributed by atoms with E-state index < -0.39 is 12.0 Å². The highest BCUT2D eigenvalue weighted by Crippen LogP contribution is 2.20. The number of hydrogen-bond donors (Lipinski definition) is 1. The Morgan fingerprint density at radius 1 is 1.53 bits per heavy atom. The maximum Gasteiger partial charge on any atom is 0.334 e. The monoisotopic (exact) mass is 259 g/mol. The number of imidazole rings is 1. The zero-order valence-corrected chi connectivity index (χ0v) is 10.4. The molecular weight excluding hydrogens is 246 g/mol. The van der Waals surface area contributed by atoms with Gasteiger partial charge in [0.25, 0.3) is 0 Å². The molecule has 6 nitrogen and oxygen atoms in total. The Hall–Kier alpha value is -2.37. The highest BCUT2D eigenvalue weighted by atomic mass is 16.5. The van der Waals surface area contributed by atoms with Crippen LogP contribution in [-0.4, -0.2) is 27.5 Å². The molecule has 0 bridgehead atoms. The number of carbonyl (C=O) groups excluding carboxylic acids is 2. The van der Waals surface area contributed by atoms with E-state index >= 15 is 0 Å². The number of fused-ring (bicyclic) bond motifs is 1. The van der Waals surface area contributed by atoms with E-state index in [2.05, 4.69) is 10.3 Å². The maximum atomic E-state index is 11.8. The summed E-state index contributed by atoms with van der Waals surface area (Å²) in [6, 6.07) is 4.74. The summed E-state index contributed by atoms with van der Waals surface area (Å²) in [7, 11) is 1.90. The normalized spacial score (nSPS) is 18.6. The number of aryl methyl sites for hydroxylation is 1. The fourth-order valence-electron chi connectivity index (χ4n) is 2.16. The van der Waals surface area contributed by atoms with Crippen molar-refractivity contribution >= 4 is 22.9 Å². The molecule has 2 aromatic rings. The Balaban J connectivity index is 1.77. The van der Waals surface area contributed by atoms with Crippen molar-refractivity contribution in [2.24, 2.45) is 7.05 Å². The molecule has 1 unspecified atom stereocenters. The van der Waals surface area contributed by atoms with Gasteiger partial charge >= 0.3 is 5.97 Å². The minimum absolute atomic E-state index is 0.109. The first-order valence-electron chi connectivity index (χ1n) is 6.05. The van der Waals surface area contributed by atoms with Crippen LogP contribution in [0.4, 0.5) is 0 Å². The molecule has 0 saturated carbocycles. The van der Waals surface area contributed by atoms with Gasteiger partial charge in [0.1, 0.15) is 11.8 Å². The summed E-state index contributed by atoms with van der Waals surface area (Å²) in [5.41, 5.74) is 1.73. The van der Waals surface area contributed by atoms with E-state index in [1.54, 1.807) is 18.5 Å². The van der Waals surface area contributed by atoms with Crippen LogP contribution in [0.1, 0.15) is 12.8 Å². The number of nitrogens with zero attached hydrogens (tertiary/aromatic N) is 2. The average Bonchev–Trinajstić information content (AvgIpc) is 2.97. The van der Waals surface area contributed by atoms with Gasteiger partial charge in [0.05, 0.1) is 17.4 Å². The van der Waals surface area contributed by atoms with E-state index in [-0.39, 0.29) is 5.91 Å². The van der Waals surface area contributed by atoms with Gasteiger partial charge in [-0.25, -0.2) is 9.78 Å². The molecule has 1 fully saturated rings.